The summed E-state index contributed by atoms with van der Waals surface area (Å²) in [6.07, 6.45) is 6.16. The number of amides is 1. The molecule has 1 atom stereocenters. The molecule has 2 heterocycles. The van der Waals surface area contributed by atoms with Gasteiger partial charge >= 0.3 is 0 Å². The zero-order valence-corrected chi connectivity index (χ0v) is 11.1. The van der Waals surface area contributed by atoms with Gasteiger partial charge in [-0.2, -0.15) is 0 Å². The molecule has 1 amide bonds. The number of hydrogen-bond donors (Lipinski definition) is 2. The monoisotopic (exact) mass is 263 g/mol. The van der Waals surface area contributed by atoms with Crippen molar-refractivity contribution < 1.29 is 9.53 Å². The van der Waals surface area contributed by atoms with Crippen molar-refractivity contribution in [2.45, 2.75) is 31.9 Å². The van der Waals surface area contributed by atoms with Gasteiger partial charge in [0.05, 0.1) is 0 Å². The van der Waals surface area contributed by atoms with Crippen LogP contribution < -0.4 is 10.6 Å². The zero-order chi connectivity index (χ0) is 13.3. The Morgan fingerprint density at radius 3 is 3.16 bits per heavy atom. The standard InChI is InChI=1S/C14H21N3O2/c18-14(13-5-2-9-19-13)17-8-3-7-16-11-12-4-1-6-15-10-12/h1,4,6,10,13,16H,2-3,5,7-9,11H2,(H,17,18)/t13-/m0/s1. The fraction of sp³-hybridized carbons (Fsp3) is 0.571. The number of nitrogens with one attached hydrogen (secondary N) is 2. The van der Waals surface area contributed by atoms with Gasteiger partial charge in [0.25, 0.3) is 0 Å². The van der Waals surface area contributed by atoms with Crippen LogP contribution in [-0.2, 0) is 16.1 Å². The van der Waals surface area contributed by atoms with E-state index in [-0.39, 0.29) is 12.0 Å². The summed E-state index contributed by atoms with van der Waals surface area (Å²) in [6, 6.07) is 3.97. The van der Waals surface area contributed by atoms with E-state index < -0.39 is 0 Å². The Morgan fingerprint density at radius 2 is 2.42 bits per heavy atom. The molecule has 0 bridgehead atoms. The van der Waals surface area contributed by atoms with Crippen molar-refractivity contribution in [1.29, 1.82) is 0 Å². The first-order valence-electron chi connectivity index (χ1n) is 6.85. The highest BCUT2D eigenvalue weighted by Crippen LogP contribution is 2.11. The average Bonchev–Trinajstić information content (AvgIpc) is 2.98. The van der Waals surface area contributed by atoms with E-state index in [0.29, 0.717) is 13.2 Å². The number of carbonyl (C=O) groups is 1. The minimum Gasteiger partial charge on any atom is -0.368 e. The molecule has 5 heteroatoms. The second kappa shape index (κ2) is 7.86. The van der Waals surface area contributed by atoms with Gasteiger partial charge in [0.2, 0.25) is 5.91 Å². The maximum atomic E-state index is 11.6. The van der Waals surface area contributed by atoms with Crippen LogP contribution in [0.5, 0.6) is 0 Å². The summed E-state index contributed by atoms with van der Waals surface area (Å²) in [7, 11) is 0. The Kier molecular flexibility index (Phi) is 5.78. The molecule has 0 aromatic carbocycles. The Bertz CT molecular complexity index is 378. The molecule has 1 fully saturated rings. The van der Waals surface area contributed by atoms with Crippen molar-refractivity contribution in [3.05, 3.63) is 30.1 Å². The molecule has 19 heavy (non-hydrogen) atoms. The number of aromatic nitrogens is 1. The lowest BCUT2D eigenvalue weighted by Crippen LogP contribution is -2.35. The first kappa shape index (κ1) is 14.0. The second-order valence-corrected chi connectivity index (χ2v) is 4.68. The van der Waals surface area contributed by atoms with E-state index in [1.807, 2.05) is 18.3 Å². The van der Waals surface area contributed by atoms with Gasteiger partial charge in [-0.1, -0.05) is 6.07 Å². The molecule has 1 aromatic rings. The van der Waals surface area contributed by atoms with Gasteiger partial charge in [-0.3, -0.25) is 9.78 Å². The molecular formula is C14H21N3O2. The van der Waals surface area contributed by atoms with Crippen molar-refractivity contribution in [1.82, 2.24) is 15.6 Å². The number of hydrogen-bond acceptors (Lipinski definition) is 4. The summed E-state index contributed by atoms with van der Waals surface area (Å²) in [5, 5.41) is 6.23. The van der Waals surface area contributed by atoms with Gasteiger partial charge in [0.15, 0.2) is 0 Å². The molecular weight excluding hydrogens is 242 g/mol. The molecule has 1 saturated heterocycles. The lowest BCUT2D eigenvalue weighted by Gasteiger charge is -2.10. The molecule has 0 unspecified atom stereocenters. The quantitative estimate of drug-likeness (QED) is 0.716. The first-order chi connectivity index (χ1) is 9.36. The van der Waals surface area contributed by atoms with Gasteiger partial charge in [-0.25, -0.2) is 0 Å². The zero-order valence-electron chi connectivity index (χ0n) is 11.1. The summed E-state index contributed by atoms with van der Waals surface area (Å²) in [5.41, 5.74) is 1.17. The van der Waals surface area contributed by atoms with Crippen LogP contribution in [0.2, 0.25) is 0 Å². The van der Waals surface area contributed by atoms with Gasteiger partial charge in [-0.05, 0) is 37.4 Å². The minimum absolute atomic E-state index is 0.0322. The molecule has 0 saturated carbocycles. The van der Waals surface area contributed by atoms with Gasteiger partial charge in [0, 0.05) is 32.1 Å². The van der Waals surface area contributed by atoms with Crippen LogP contribution in [-0.4, -0.2) is 36.7 Å². The SMILES string of the molecule is O=C(NCCCNCc1cccnc1)[C@@H]1CCCO1. The summed E-state index contributed by atoms with van der Waals surface area (Å²) >= 11 is 0. The van der Waals surface area contributed by atoms with Crippen molar-refractivity contribution >= 4 is 5.91 Å². The Hall–Kier alpha value is -1.46. The fourth-order valence-electron chi connectivity index (χ4n) is 2.06. The Morgan fingerprint density at radius 1 is 1.47 bits per heavy atom. The summed E-state index contributed by atoms with van der Waals surface area (Å²) < 4.78 is 5.32. The number of ether oxygens (including phenoxy) is 1. The van der Waals surface area contributed by atoms with E-state index in [4.69, 9.17) is 4.74 Å². The lowest BCUT2D eigenvalue weighted by atomic mass is 10.2. The van der Waals surface area contributed by atoms with E-state index in [1.165, 1.54) is 5.56 Å². The highest BCUT2D eigenvalue weighted by molar-refractivity contribution is 5.80. The van der Waals surface area contributed by atoms with Crippen LogP contribution in [0.25, 0.3) is 0 Å². The number of carbonyl (C=O) groups excluding carboxylic acids is 1. The molecule has 2 rings (SSSR count). The van der Waals surface area contributed by atoms with Crippen molar-refractivity contribution in [3.8, 4) is 0 Å². The van der Waals surface area contributed by atoms with Crippen LogP contribution >= 0.6 is 0 Å². The second-order valence-electron chi connectivity index (χ2n) is 4.68. The van der Waals surface area contributed by atoms with Crippen LogP contribution in [0.3, 0.4) is 0 Å². The van der Waals surface area contributed by atoms with Crippen LogP contribution in [0.4, 0.5) is 0 Å². The summed E-state index contributed by atoms with van der Waals surface area (Å²) in [6.45, 7) is 3.09. The molecule has 1 aliphatic rings. The predicted octanol–water partition coefficient (Wildman–Crippen LogP) is 0.856. The maximum absolute atomic E-state index is 11.6. The average molecular weight is 263 g/mol. The van der Waals surface area contributed by atoms with Crippen LogP contribution in [0.15, 0.2) is 24.5 Å². The Labute approximate surface area is 113 Å². The largest absolute Gasteiger partial charge is 0.368 e. The molecule has 2 N–H and O–H groups in total. The van der Waals surface area contributed by atoms with E-state index in [1.54, 1.807) is 6.20 Å². The van der Waals surface area contributed by atoms with Crippen LogP contribution in [0.1, 0.15) is 24.8 Å². The third-order valence-electron chi connectivity index (χ3n) is 3.10. The Balaban J connectivity index is 1.49. The number of rotatable bonds is 7. The molecule has 1 aromatic heterocycles. The van der Waals surface area contributed by atoms with Crippen molar-refractivity contribution in [2.75, 3.05) is 19.7 Å². The van der Waals surface area contributed by atoms with Crippen molar-refractivity contribution in [3.63, 3.8) is 0 Å². The highest BCUT2D eigenvalue weighted by atomic mass is 16.5. The van der Waals surface area contributed by atoms with Crippen molar-refractivity contribution in [2.24, 2.45) is 0 Å². The maximum Gasteiger partial charge on any atom is 0.249 e. The minimum atomic E-state index is -0.219. The smallest absolute Gasteiger partial charge is 0.249 e. The van der Waals surface area contributed by atoms with E-state index in [9.17, 15) is 4.79 Å². The summed E-state index contributed by atoms with van der Waals surface area (Å²) in [4.78, 5) is 15.7. The van der Waals surface area contributed by atoms with E-state index in [2.05, 4.69) is 15.6 Å². The molecule has 0 aliphatic carbocycles. The highest BCUT2D eigenvalue weighted by Gasteiger charge is 2.22. The fourth-order valence-corrected chi connectivity index (χ4v) is 2.06. The molecule has 104 valence electrons. The van der Waals surface area contributed by atoms with E-state index in [0.717, 1.165) is 32.4 Å². The van der Waals surface area contributed by atoms with Crippen LogP contribution in [0, 0.1) is 0 Å². The molecule has 5 nitrogen and oxygen atoms in total. The predicted molar refractivity (Wildman–Crippen MR) is 72.5 cm³/mol. The first-order valence-corrected chi connectivity index (χ1v) is 6.85. The molecule has 0 spiro atoms. The van der Waals surface area contributed by atoms with Gasteiger partial charge in [-0.15, -0.1) is 0 Å². The normalized spacial score (nSPS) is 18.4. The molecule has 0 radical (unpaired) electrons. The third-order valence-corrected chi connectivity index (χ3v) is 3.10. The topological polar surface area (TPSA) is 63.2 Å². The number of nitrogens with zero attached hydrogens (tertiary/aromatic N) is 1. The van der Waals surface area contributed by atoms with Gasteiger partial charge in [0.1, 0.15) is 6.10 Å². The molecule has 1 aliphatic heterocycles. The lowest BCUT2D eigenvalue weighted by molar-refractivity contribution is -0.130. The van der Waals surface area contributed by atoms with E-state index >= 15 is 0 Å². The van der Waals surface area contributed by atoms with Gasteiger partial charge < -0.3 is 15.4 Å². The number of pyridine rings is 1. The summed E-state index contributed by atoms with van der Waals surface area (Å²) in [5.74, 6) is 0.0322. The third kappa shape index (κ3) is 4.96.